The SMILES string of the molecule is COC(=O)[C@](N)(Cc1ccc(OC(=O)OCCC(C)C)c(OC(=O)OCCC(C)C)c1)CC(C)OC(=O)CCC(C)C. The number of esters is 2. The standard InChI is InChI=1S/C31H49NO10/c1-20(2)9-12-27(33)40-23(7)18-31(32,28(34)37-8)19-24-10-11-25(41-29(35)38-15-13-21(3)4)26(17-24)42-30(36)39-16-14-22(5)6/h10-11,17,20-23H,9,12-16,18-19,32H2,1-8H3/t23?,31-/m1/s1. The summed E-state index contributed by atoms with van der Waals surface area (Å²) in [6.07, 6.45) is -0.494. The van der Waals surface area contributed by atoms with Crippen molar-refractivity contribution in [2.75, 3.05) is 20.3 Å². The van der Waals surface area contributed by atoms with Crippen LogP contribution in [0.25, 0.3) is 0 Å². The van der Waals surface area contributed by atoms with Crippen LogP contribution < -0.4 is 15.2 Å². The molecule has 0 spiro atoms. The number of methoxy groups -OCH3 is 1. The van der Waals surface area contributed by atoms with Gasteiger partial charge in [-0.05, 0) is 61.6 Å². The fourth-order valence-corrected chi connectivity index (χ4v) is 3.86. The van der Waals surface area contributed by atoms with Crippen molar-refractivity contribution in [3.8, 4) is 11.5 Å². The first-order valence-corrected chi connectivity index (χ1v) is 14.5. The average molecular weight is 596 g/mol. The van der Waals surface area contributed by atoms with E-state index in [1.807, 2.05) is 41.5 Å². The first-order valence-electron chi connectivity index (χ1n) is 14.5. The zero-order chi connectivity index (χ0) is 31.9. The summed E-state index contributed by atoms with van der Waals surface area (Å²) in [5.74, 6) is -0.309. The molecule has 0 bridgehead atoms. The summed E-state index contributed by atoms with van der Waals surface area (Å²) in [5.41, 5.74) is 5.40. The second-order valence-corrected chi connectivity index (χ2v) is 11.8. The Balaban J connectivity index is 3.16. The largest absolute Gasteiger partial charge is 0.513 e. The van der Waals surface area contributed by atoms with E-state index >= 15 is 0 Å². The van der Waals surface area contributed by atoms with Crippen molar-refractivity contribution in [3.05, 3.63) is 23.8 Å². The third-order valence-corrected chi connectivity index (χ3v) is 6.25. The Morgan fingerprint density at radius 1 is 0.786 bits per heavy atom. The minimum atomic E-state index is -1.58. The van der Waals surface area contributed by atoms with E-state index in [-0.39, 0.29) is 49.9 Å². The van der Waals surface area contributed by atoms with Gasteiger partial charge in [0.15, 0.2) is 11.5 Å². The van der Waals surface area contributed by atoms with Gasteiger partial charge in [-0.15, -0.1) is 0 Å². The molecule has 2 N–H and O–H groups in total. The zero-order valence-electron chi connectivity index (χ0n) is 26.4. The third kappa shape index (κ3) is 14.5. The maximum absolute atomic E-state index is 12.8. The summed E-state index contributed by atoms with van der Waals surface area (Å²) in [7, 11) is 1.22. The van der Waals surface area contributed by atoms with Gasteiger partial charge in [0, 0.05) is 19.3 Å². The van der Waals surface area contributed by atoms with E-state index in [4.69, 9.17) is 34.2 Å². The Labute approximate surface area is 249 Å². The molecule has 0 aliphatic carbocycles. The predicted octanol–water partition coefficient (Wildman–Crippen LogP) is 5.98. The molecule has 1 aromatic carbocycles. The average Bonchev–Trinajstić information content (AvgIpc) is 2.87. The molecule has 0 saturated carbocycles. The Hall–Kier alpha value is -3.34. The summed E-state index contributed by atoms with van der Waals surface area (Å²) in [4.78, 5) is 49.7. The number of carbonyl (C=O) groups excluding carboxylic acids is 4. The fourth-order valence-electron chi connectivity index (χ4n) is 3.86. The molecule has 11 heteroatoms. The van der Waals surface area contributed by atoms with Crippen LogP contribution in [0, 0.1) is 17.8 Å². The van der Waals surface area contributed by atoms with Crippen LogP contribution in [0.3, 0.4) is 0 Å². The summed E-state index contributed by atoms with van der Waals surface area (Å²) in [6.45, 7) is 13.9. The highest BCUT2D eigenvalue weighted by Crippen LogP contribution is 2.32. The topological polar surface area (TPSA) is 150 Å². The van der Waals surface area contributed by atoms with E-state index in [2.05, 4.69) is 0 Å². The summed E-state index contributed by atoms with van der Waals surface area (Å²) >= 11 is 0. The monoisotopic (exact) mass is 595 g/mol. The van der Waals surface area contributed by atoms with Crippen molar-refractivity contribution < 1.29 is 47.6 Å². The van der Waals surface area contributed by atoms with Crippen LogP contribution >= 0.6 is 0 Å². The van der Waals surface area contributed by atoms with Crippen LogP contribution in [0.15, 0.2) is 18.2 Å². The number of hydrogen-bond acceptors (Lipinski definition) is 11. The molecule has 1 rings (SSSR count). The zero-order valence-corrected chi connectivity index (χ0v) is 26.4. The molecular formula is C31H49NO10. The normalized spacial score (nSPS) is 13.3. The molecule has 0 fully saturated rings. The Morgan fingerprint density at radius 2 is 1.31 bits per heavy atom. The summed E-state index contributed by atoms with van der Waals surface area (Å²) < 4.78 is 31.4. The van der Waals surface area contributed by atoms with Gasteiger partial charge in [0.2, 0.25) is 0 Å². The van der Waals surface area contributed by atoms with E-state index in [0.29, 0.717) is 42.6 Å². The molecule has 0 amide bonds. The Morgan fingerprint density at radius 3 is 1.81 bits per heavy atom. The van der Waals surface area contributed by atoms with Gasteiger partial charge in [0.25, 0.3) is 0 Å². The van der Waals surface area contributed by atoms with E-state index in [1.54, 1.807) is 13.0 Å². The van der Waals surface area contributed by atoms with E-state index in [0.717, 1.165) is 0 Å². The minimum absolute atomic E-state index is 0.0268. The first-order chi connectivity index (χ1) is 19.6. The van der Waals surface area contributed by atoms with Crippen molar-refractivity contribution in [2.45, 2.75) is 98.6 Å². The maximum atomic E-state index is 12.8. The van der Waals surface area contributed by atoms with Crippen molar-refractivity contribution in [2.24, 2.45) is 23.5 Å². The van der Waals surface area contributed by atoms with Crippen LogP contribution in [0.1, 0.15) is 86.1 Å². The molecule has 0 saturated heterocycles. The fraction of sp³-hybridized carbons (Fsp3) is 0.677. The number of rotatable bonds is 17. The smallest absolute Gasteiger partial charge is 0.468 e. The van der Waals surface area contributed by atoms with E-state index in [9.17, 15) is 19.2 Å². The Kier molecular flexibility index (Phi) is 15.9. The lowest BCUT2D eigenvalue weighted by atomic mass is 9.86. The van der Waals surface area contributed by atoms with E-state index < -0.39 is 29.9 Å². The molecule has 238 valence electrons. The number of nitrogens with two attached hydrogens (primary N) is 1. The van der Waals surface area contributed by atoms with Gasteiger partial charge in [-0.25, -0.2) is 9.59 Å². The lowest BCUT2D eigenvalue weighted by Gasteiger charge is -2.29. The predicted molar refractivity (Wildman–Crippen MR) is 156 cm³/mol. The van der Waals surface area contributed by atoms with Gasteiger partial charge in [0.1, 0.15) is 11.6 Å². The van der Waals surface area contributed by atoms with Crippen molar-refractivity contribution >= 4 is 24.2 Å². The molecular weight excluding hydrogens is 546 g/mol. The molecule has 0 aliphatic rings. The molecule has 1 aromatic rings. The van der Waals surface area contributed by atoms with Crippen LogP contribution in [-0.4, -0.2) is 56.2 Å². The highest BCUT2D eigenvalue weighted by Gasteiger charge is 2.38. The quantitative estimate of drug-likeness (QED) is 0.129. The molecule has 2 atom stereocenters. The lowest BCUT2D eigenvalue weighted by Crippen LogP contribution is -2.53. The lowest BCUT2D eigenvalue weighted by molar-refractivity contribution is -0.155. The van der Waals surface area contributed by atoms with Crippen LogP contribution in [0.4, 0.5) is 9.59 Å². The maximum Gasteiger partial charge on any atom is 0.513 e. The van der Waals surface area contributed by atoms with E-state index in [1.165, 1.54) is 19.2 Å². The van der Waals surface area contributed by atoms with Gasteiger partial charge in [0.05, 0.1) is 20.3 Å². The second-order valence-electron chi connectivity index (χ2n) is 11.8. The number of hydrogen-bond donors (Lipinski definition) is 1. The summed E-state index contributed by atoms with van der Waals surface area (Å²) in [6, 6.07) is 4.39. The van der Waals surface area contributed by atoms with Gasteiger partial charge in [-0.1, -0.05) is 47.6 Å². The van der Waals surface area contributed by atoms with Gasteiger partial charge >= 0.3 is 24.2 Å². The summed E-state index contributed by atoms with van der Waals surface area (Å²) in [5, 5.41) is 0. The molecule has 42 heavy (non-hydrogen) atoms. The second kappa shape index (κ2) is 18.3. The third-order valence-electron chi connectivity index (χ3n) is 6.25. The highest BCUT2D eigenvalue weighted by atomic mass is 16.7. The van der Waals surface area contributed by atoms with Crippen molar-refractivity contribution in [1.82, 2.24) is 0 Å². The molecule has 0 aromatic heterocycles. The van der Waals surface area contributed by atoms with Crippen LogP contribution in [-0.2, 0) is 35.0 Å². The number of benzene rings is 1. The van der Waals surface area contributed by atoms with Gasteiger partial charge < -0.3 is 34.2 Å². The van der Waals surface area contributed by atoms with Gasteiger partial charge in [-0.3, -0.25) is 9.59 Å². The minimum Gasteiger partial charge on any atom is -0.468 e. The highest BCUT2D eigenvalue weighted by molar-refractivity contribution is 5.81. The molecule has 0 heterocycles. The van der Waals surface area contributed by atoms with Gasteiger partial charge in [-0.2, -0.15) is 0 Å². The molecule has 1 unspecified atom stereocenters. The molecule has 11 nitrogen and oxygen atoms in total. The first kappa shape index (κ1) is 36.7. The number of ether oxygens (including phenoxy) is 6. The Bertz CT molecular complexity index is 1020. The van der Waals surface area contributed by atoms with Crippen molar-refractivity contribution in [3.63, 3.8) is 0 Å². The van der Waals surface area contributed by atoms with Crippen LogP contribution in [0.5, 0.6) is 11.5 Å². The van der Waals surface area contributed by atoms with Crippen LogP contribution in [0.2, 0.25) is 0 Å². The number of carbonyl (C=O) groups is 4. The van der Waals surface area contributed by atoms with Crippen molar-refractivity contribution in [1.29, 1.82) is 0 Å². The molecule has 0 aliphatic heterocycles. The molecule has 0 radical (unpaired) electrons.